The number of nitrogens with zero attached hydrogens (tertiary/aromatic N) is 4. The van der Waals surface area contributed by atoms with Crippen LogP contribution in [-0.2, 0) is 33.4 Å². The van der Waals surface area contributed by atoms with Crippen molar-refractivity contribution in [1.29, 1.82) is 0 Å². The molecule has 1 atom stereocenters. The molecule has 0 radical (unpaired) electrons. The van der Waals surface area contributed by atoms with E-state index in [2.05, 4.69) is 41.6 Å². The van der Waals surface area contributed by atoms with Crippen molar-refractivity contribution in [3.63, 3.8) is 0 Å². The lowest BCUT2D eigenvalue weighted by atomic mass is 10.0. The van der Waals surface area contributed by atoms with E-state index in [4.69, 9.17) is 0 Å². The van der Waals surface area contributed by atoms with Crippen molar-refractivity contribution in [1.82, 2.24) is 24.9 Å². The monoisotopic (exact) mass is 275 g/mol. The van der Waals surface area contributed by atoms with Gasteiger partial charge in [0, 0.05) is 44.0 Å². The Balaban J connectivity index is 2.25. The molecule has 5 heteroatoms. The predicted octanol–water partition coefficient (Wildman–Crippen LogP) is 1.78. The van der Waals surface area contributed by atoms with Gasteiger partial charge in [-0.2, -0.15) is 10.2 Å². The Bertz CT molecular complexity index is 567. The molecule has 1 unspecified atom stereocenters. The van der Waals surface area contributed by atoms with E-state index in [-0.39, 0.29) is 6.04 Å². The Morgan fingerprint density at radius 2 is 1.95 bits per heavy atom. The average molecular weight is 275 g/mol. The Morgan fingerprint density at radius 3 is 2.50 bits per heavy atom. The molecule has 0 saturated heterocycles. The summed E-state index contributed by atoms with van der Waals surface area (Å²) >= 11 is 0. The van der Waals surface area contributed by atoms with Crippen LogP contribution >= 0.6 is 0 Å². The van der Waals surface area contributed by atoms with Gasteiger partial charge in [0.2, 0.25) is 0 Å². The SMILES string of the molecule is CCc1cc(CC(NC)c2cn(C)nc2CC)n(C)n1. The molecule has 0 aliphatic rings. The molecular formula is C15H25N5. The molecule has 0 saturated carbocycles. The fraction of sp³-hybridized carbons (Fsp3) is 0.600. The third-order valence-electron chi connectivity index (χ3n) is 3.80. The van der Waals surface area contributed by atoms with Crippen LogP contribution in [0.3, 0.4) is 0 Å². The van der Waals surface area contributed by atoms with Gasteiger partial charge in [0.15, 0.2) is 0 Å². The number of nitrogens with one attached hydrogen (secondary N) is 1. The van der Waals surface area contributed by atoms with Crippen LogP contribution in [0.2, 0.25) is 0 Å². The second-order valence-corrected chi connectivity index (χ2v) is 5.21. The van der Waals surface area contributed by atoms with Crippen molar-refractivity contribution in [2.75, 3.05) is 7.05 Å². The van der Waals surface area contributed by atoms with Gasteiger partial charge >= 0.3 is 0 Å². The first kappa shape index (κ1) is 14.8. The number of aryl methyl sites for hydroxylation is 4. The van der Waals surface area contributed by atoms with Crippen LogP contribution in [-0.4, -0.2) is 26.6 Å². The van der Waals surface area contributed by atoms with Gasteiger partial charge in [0.05, 0.1) is 11.4 Å². The minimum absolute atomic E-state index is 0.277. The third kappa shape index (κ3) is 2.93. The van der Waals surface area contributed by atoms with E-state index in [1.54, 1.807) is 0 Å². The van der Waals surface area contributed by atoms with E-state index in [1.165, 1.54) is 17.0 Å². The summed E-state index contributed by atoms with van der Waals surface area (Å²) in [6.45, 7) is 4.29. The molecule has 0 aromatic carbocycles. The number of likely N-dealkylation sites (N-methyl/N-ethyl adjacent to an activating group) is 1. The van der Waals surface area contributed by atoms with Gasteiger partial charge in [0.25, 0.3) is 0 Å². The summed E-state index contributed by atoms with van der Waals surface area (Å²) < 4.78 is 3.89. The van der Waals surface area contributed by atoms with E-state index in [0.717, 1.165) is 25.0 Å². The van der Waals surface area contributed by atoms with Crippen molar-refractivity contribution in [3.8, 4) is 0 Å². The fourth-order valence-electron chi connectivity index (χ4n) is 2.63. The number of aromatic nitrogens is 4. The van der Waals surface area contributed by atoms with Gasteiger partial charge in [-0.25, -0.2) is 0 Å². The highest BCUT2D eigenvalue weighted by Crippen LogP contribution is 2.22. The van der Waals surface area contributed by atoms with Gasteiger partial charge in [-0.1, -0.05) is 13.8 Å². The molecule has 1 N–H and O–H groups in total. The van der Waals surface area contributed by atoms with Crippen LogP contribution in [0, 0.1) is 0 Å². The average Bonchev–Trinajstić information content (AvgIpc) is 2.98. The third-order valence-corrected chi connectivity index (χ3v) is 3.80. The lowest BCUT2D eigenvalue weighted by Crippen LogP contribution is -2.21. The lowest BCUT2D eigenvalue weighted by molar-refractivity contribution is 0.557. The van der Waals surface area contributed by atoms with Crippen LogP contribution < -0.4 is 5.32 Å². The van der Waals surface area contributed by atoms with Gasteiger partial charge in [-0.05, 0) is 26.0 Å². The minimum Gasteiger partial charge on any atom is -0.313 e. The summed E-state index contributed by atoms with van der Waals surface area (Å²) in [5.74, 6) is 0. The standard InChI is InChI=1S/C15H25N5/c1-6-11-8-12(20(5)17-11)9-15(16-3)13-10-19(4)18-14(13)7-2/h8,10,15-16H,6-7,9H2,1-5H3. The molecule has 5 nitrogen and oxygen atoms in total. The van der Waals surface area contributed by atoms with Crippen LogP contribution in [0.1, 0.15) is 42.5 Å². The maximum atomic E-state index is 4.54. The van der Waals surface area contributed by atoms with E-state index in [0.29, 0.717) is 0 Å². The summed E-state index contributed by atoms with van der Waals surface area (Å²) in [5, 5.41) is 12.5. The maximum absolute atomic E-state index is 4.54. The Labute approximate surface area is 121 Å². The molecule has 2 aromatic rings. The zero-order valence-corrected chi connectivity index (χ0v) is 13.1. The second-order valence-electron chi connectivity index (χ2n) is 5.21. The first-order valence-corrected chi connectivity index (χ1v) is 7.30. The lowest BCUT2D eigenvalue weighted by Gasteiger charge is -2.16. The molecule has 0 fully saturated rings. The summed E-state index contributed by atoms with van der Waals surface area (Å²) in [4.78, 5) is 0. The molecule has 2 heterocycles. The molecule has 0 aliphatic heterocycles. The zero-order chi connectivity index (χ0) is 14.7. The van der Waals surface area contributed by atoms with Gasteiger partial charge in [-0.3, -0.25) is 9.36 Å². The highest BCUT2D eigenvalue weighted by molar-refractivity contribution is 5.24. The van der Waals surface area contributed by atoms with Gasteiger partial charge in [0.1, 0.15) is 0 Å². The number of rotatable bonds is 6. The number of hydrogen-bond acceptors (Lipinski definition) is 3. The molecule has 110 valence electrons. The molecular weight excluding hydrogens is 250 g/mol. The van der Waals surface area contributed by atoms with Crippen LogP contribution in [0.4, 0.5) is 0 Å². The van der Waals surface area contributed by atoms with Crippen LogP contribution in [0.25, 0.3) is 0 Å². The molecule has 0 bridgehead atoms. The van der Waals surface area contributed by atoms with E-state index in [1.807, 2.05) is 30.5 Å². The summed E-state index contributed by atoms with van der Waals surface area (Å²) in [6, 6.07) is 2.48. The Hall–Kier alpha value is -1.62. The fourth-order valence-corrected chi connectivity index (χ4v) is 2.63. The highest BCUT2D eigenvalue weighted by Gasteiger charge is 2.18. The minimum atomic E-state index is 0.277. The van der Waals surface area contributed by atoms with Gasteiger partial charge in [-0.15, -0.1) is 0 Å². The molecule has 0 amide bonds. The summed E-state index contributed by atoms with van der Waals surface area (Å²) in [5.41, 5.74) is 4.87. The topological polar surface area (TPSA) is 47.7 Å². The van der Waals surface area contributed by atoms with Crippen molar-refractivity contribution in [3.05, 3.63) is 34.9 Å². The molecule has 20 heavy (non-hydrogen) atoms. The van der Waals surface area contributed by atoms with E-state index in [9.17, 15) is 0 Å². The quantitative estimate of drug-likeness (QED) is 0.874. The Morgan fingerprint density at radius 1 is 1.20 bits per heavy atom. The first-order valence-electron chi connectivity index (χ1n) is 7.30. The summed E-state index contributed by atoms with van der Waals surface area (Å²) in [6.07, 6.45) is 4.99. The largest absolute Gasteiger partial charge is 0.313 e. The van der Waals surface area contributed by atoms with Crippen molar-refractivity contribution < 1.29 is 0 Å². The maximum Gasteiger partial charge on any atom is 0.0669 e. The van der Waals surface area contributed by atoms with E-state index >= 15 is 0 Å². The smallest absolute Gasteiger partial charge is 0.0669 e. The molecule has 0 spiro atoms. The van der Waals surface area contributed by atoms with Gasteiger partial charge < -0.3 is 5.32 Å². The van der Waals surface area contributed by atoms with Crippen molar-refractivity contribution in [2.45, 2.75) is 39.2 Å². The number of hydrogen-bond donors (Lipinski definition) is 1. The first-order chi connectivity index (χ1) is 9.58. The van der Waals surface area contributed by atoms with E-state index < -0.39 is 0 Å². The van der Waals surface area contributed by atoms with Crippen LogP contribution in [0.15, 0.2) is 12.3 Å². The van der Waals surface area contributed by atoms with Crippen molar-refractivity contribution in [2.24, 2.45) is 14.1 Å². The second kappa shape index (κ2) is 6.22. The Kier molecular flexibility index (Phi) is 4.60. The zero-order valence-electron chi connectivity index (χ0n) is 13.1. The molecule has 2 aromatic heterocycles. The highest BCUT2D eigenvalue weighted by atomic mass is 15.3. The summed E-state index contributed by atoms with van der Waals surface area (Å²) in [7, 11) is 6.01. The van der Waals surface area contributed by atoms with Crippen molar-refractivity contribution >= 4 is 0 Å². The molecule has 0 aliphatic carbocycles. The predicted molar refractivity (Wildman–Crippen MR) is 80.7 cm³/mol. The normalized spacial score (nSPS) is 12.8. The molecule has 2 rings (SSSR count). The van der Waals surface area contributed by atoms with Crippen LogP contribution in [0.5, 0.6) is 0 Å².